The average molecular weight is 427 g/mol. The van der Waals surface area contributed by atoms with Crippen LogP contribution >= 0.6 is 0 Å². The van der Waals surface area contributed by atoms with E-state index >= 15 is 0 Å². The number of aryl methyl sites for hydroxylation is 2. The van der Waals surface area contributed by atoms with Crippen LogP contribution in [0.5, 0.6) is 0 Å². The summed E-state index contributed by atoms with van der Waals surface area (Å²) in [7, 11) is 0. The van der Waals surface area contributed by atoms with E-state index in [0.29, 0.717) is 11.6 Å². The summed E-state index contributed by atoms with van der Waals surface area (Å²) < 4.78 is 1.94. The summed E-state index contributed by atoms with van der Waals surface area (Å²) in [4.78, 5) is 20.1. The number of H-pyrrole nitrogens is 1. The number of fused-ring (bicyclic) bond motifs is 2. The van der Waals surface area contributed by atoms with E-state index in [4.69, 9.17) is 10.1 Å². The summed E-state index contributed by atoms with van der Waals surface area (Å²) in [5.74, 6) is 0.414. The molecule has 0 spiro atoms. The number of carbonyl (C=O) groups excluding carboxylic acids is 1. The van der Waals surface area contributed by atoms with E-state index in [-0.39, 0.29) is 5.91 Å². The van der Waals surface area contributed by atoms with Crippen LogP contribution in [0.2, 0.25) is 0 Å². The fourth-order valence-corrected chi connectivity index (χ4v) is 5.16. The summed E-state index contributed by atoms with van der Waals surface area (Å²) in [5.41, 5.74) is 6.90. The second-order valence-corrected chi connectivity index (χ2v) is 8.89. The zero-order valence-corrected chi connectivity index (χ0v) is 18.2. The maximum Gasteiger partial charge on any atom is 0.274 e. The molecule has 0 atom stereocenters. The highest BCUT2D eigenvalue weighted by Crippen LogP contribution is 2.31. The molecule has 32 heavy (non-hydrogen) atoms. The molecule has 4 aromatic rings. The Kier molecular flexibility index (Phi) is 4.56. The fourth-order valence-electron chi connectivity index (χ4n) is 5.16. The highest BCUT2D eigenvalue weighted by molar-refractivity contribution is 5.94. The first-order valence-corrected chi connectivity index (χ1v) is 11.5. The minimum absolute atomic E-state index is 0.0732. The first-order chi connectivity index (χ1) is 15.7. The number of aromatic nitrogens is 5. The fraction of sp³-hybridized carbons (Fsp3) is 0.360. The van der Waals surface area contributed by atoms with Gasteiger partial charge in [0.05, 0.1) is 11.4 Å². The molecule has 7 heteroatoms. The number of para-hydroxylation sites is 1. The average Bonchev–Trinajstić information content (AvgIpc) is 3.54. The third kappa shape index (κ3) is 3.11. The molecule has 0 radical (unpaired) electrons. The van der Waals surface area contributed by atoms with Gasteiger partial charge in [0.25, 0.3) is 5.91 Å². The smallest absolute Gasteiger partial charge is 0.274 e. The number of hydrogen-bond donors (Lipinski definition) is 1. The number of nitrogens with one attached hydrogen (secondary N) is 1. The number of likely N-dealkylation sites (tertiary alicyclic amines) is 1. The Labute approximate surface area is 186 Å². The van der Waals surface area contributed by atoms with Gasteiger partial charge in [0.1, 0.15) is 0 Å². The van der Waals surface area contributed by atoms with Crippen molar-refractivity contribution in [2.45, 2.75) is 44.9 Å². The van der Waals surface area contributed by atoms with E-state index in [0.717, 1.165) is 84.6 Å². The van der Waals surface area contributed by atoms with E-state index in [2.05, 4.69) is 34.5 Å². The molecule has 1 aliphatic carbocycles. The largest absolute Gasteiger partial charge is 0.337 e. The lowest BCUT2D eigenvalue weighted by Gasteiger charge is -2.31. The van der Waals surface area contributed by atoms with Crippen molar-refractivity contribution in [1.29, 1.82) is 0 Å². The van der Waals surface area contributed by atoms with Crippen LogP contribution in [0.25, 0.3) is 16.7 Å². The van der Waals surface area contributed by atoms with Gasteiger partial charge in [0.2, 0.25) is 0 Å². The first-order valence-electron chi connectivity index (χ1n) is 11.5. The highest BCUT2D eigenvalue weighted by Gasteiger charge is 2.30. The molecule has 0 bridgehead atoms. The molecule has 1 fully saturated rings. The van der Waals surface area contributed by atoms with Gasteiger partial charge >= 0.3 is 0 Å². The van der Waals surface area contributed by atoms with Crippen molar-refractivity contribution in [2.75, 3.05) is 13.1 Å². The number of aromatic amines is 1. The number of nitrogens with zero attached hydrogens (tertiary/aromatic N) is 5. The van der Waals surface area contributed by atoms with Crippen LogP contribution in [-0.2, 0) is 12.8 Å². The summed E-state index contributed by atoms with van der Waals surface area (Å²) >= 11 is 0. The monoisotopic (exact) mass is 426 g/mol. The molecule has 7 nitrogen and oxygen atoms in total. The minimum atomic E-state index is 0.0732. The van der Waals surface area contributed by atoms with Gasteiger partial charge in [0.15, 0.2) is 11.3 Å². The van der Waals surface area contributed by atoms with Gasteiger partial charge in [-0.25, -0.2) is 9.67 Å². The standard InChI is InChI=1S/C25H26N6O/c1-16-19-10-11-21(26-24(19)31(29-16)18-6-3-2-4-7-18)17-12-14-30(15-13-17)25(32)23-20-8-5-9-22(20)27-28-23/h2-4,6-7,10-11,17H,5,8-9,12-15H2,1H3,(H,27,28). The second-order valence-electron chi connectivity index (χ2n) is 8.89. The second kappa shape index (κ2) is 7.58. The lowest BCUT2D eigenvalue weighted by Crippen LogP contribution is -2.38. The number of hydrogen-bond acceptors (Lipinski definition) is 4. The van der Waals surface area contributed by atoms with Crippen molar-refractivity contribution in [3.05, 3.63) is 70.8 Å². The van der Waals surface area contributed by atoms with Gasteiger partial charge in [-0.3, -0.25) is 9.89 Å². The van der Waals surface area contributed by atoms with E-state index < -0.39 is 0 Å². The van der Waals surface area contributed by atoms with E-state index in [9.17, 15) is 4.79 Å². The molecule has 162 valence electrons. The molecule has 0 saturated carbocycles. The number of benzene rings is 1. The van der Waals surface area contributed by atoms with Gasteiger partial charge < -0.3 is 4.90 Å². The van der Waals surface area contributed by atoms with Crippen LogP contribution in [0.1, 0.15) is 58.3 Å². The predicted octanol–water partition coefficient (Wildman–Crippen LogP) is 3.96. The maximum absolute atomic E-state index is 13.1. The highest BCUT2D eigenvalue weighted by atomic mass is 16.2. The van der Waals surface area contributed by atoms with Crippen molar-refractivity contribution >= 4 is 16.9 Å². The molecular formula is C25H26N6O. The summed E-state index contributed by atoms with van der Waals surface area (Å²) in [6.45, 7) is 3.50. The van der Waals surface area contributed by atoms with Gasteiger partial charge in [0, 0.05) is 41.3 Å². The van der Waals surface area contributed by atoms with Crippen LogP contribution in [-0.4, -0.2) is 48.9 Å². The lowest BCUT2D eigenvalue weighted by atomic mass is 9.92. The SMILES string of the molecule is Cc1nn(-c2ccccc2)c2nc(C3CCN(C(=O)c4n[nH]c5c4CCC5)CC3)ccc12. The number of rotatable bonds is 3. The predicted molar refractivity (Wildman–Crippen MR) is 122 cm³/mol. The van der Waals surface area contributed by atoms with E-state index in [1.54, 1.807) is 0 Å². The zero-order valence-electron chi connectivity index (χ0n) is 18.2. The molecule has 1 N–H and O–H groups in total. The number of piperidine rings is 1. The van der Waals surface area contributed by atoms with E-state index in [1.807, 2.05) is 34.7 Å². The Morgan fingerprint density at radius 2 is 1.88 bits per heavy atom. The van der Waals surface area contributed by atoms with Crippen LogP contribution in [0.4, 0.5) is 0 Å². The molecule has 2 aliphatic rings. The lowest BCUT2D eigenvalue weighted by molar-refractivity contribution is 0.0705. The molecule has 0 unspecified atom stereocenters. The Morgan fingerprint density at radius 1 is 1.06 bits per heavy atom. The number of pyridine rings is 1. The Bertz CT molecular complexity index is 1300. The summed E-state index contributed by atoms with van der Waals surface area (Å²) in [6.07, 6.45) is 4.90. The zero-order chi connectivity index (χ0) is 21.7. The van der Waals surface area contributed by atoms with Crippen LogP contribution in [0, 0.1) is 6.92 Å². The molecule has 3 aromatic heterocycles. The molecule has 1 saturated heterocycles. The van der Waals surface area contributed by atoms with Gasteiger partial charge in [-0.2, -0.15) is 10.2 Å². The third-order valence-corrected chi connectivity index (χ3v) is 6.95. The summed E-state index contributed by atoms with van der Waals surface area (Å²) in [5, 5.41) is 13.2. The Morgan fingerprint density at radius 3 is 2.69 bits per heavy atom. The van der Waals surface area contributed by atoms with Gasteiger partial charge in [-0.05, 0) is 63.3 Å². The van der Waals surface area contributed by atoms with E-state index in [1.165, 1.54) is 0 Å². The van der Waals surface area contributed by atoms with Crippen molar-refractivity contribution in [1.82, 2.24) is 29.9 Å². The van der Waals surface area contributed by atoms with Crippen LogP contribution < -0.4 is 0 Å². The topological polar surface area (TPSA) is 79.7 Å². The van der Waals surface area contributed by atoms with Gasteiger partial charge in [-0.15, -0.1) is 0 Å². The molecule has 1 aromatic carbocycles. The quantitative estimate of drug-likeness (QED) is 0.538. The Balaban J connectivity index is 1.23. The molecular weight excluding hydrogens is 400 g/mol. The summed E-state index contributed by atoms with van der Waals surface area (Å²) in [6, 6.07) is 14.4. The number of carbonyl (C=O) groups is 1. The molecule has 1 aliphatic heterocycles. The number of amides is 1. The van der Waals surface area contributed by atoms with Crippen LogP contribution in [0.3, 0.4) is 0 Å². The van der Waals surface area contributed by atoms with Crippen molar-refractivity contribution in [2.24, 2.45) is 0 Å². The normalized spacial score (nSPS) is 16.6. The molecule has 1 amide bonds. The van der Waals surface area contributed by atoms with Gasteiger partial charge in [-0.1, -0.05) is 18.2 Å². The first kappa shape index (κ1) is 19.2. The van der Waals surface area contributed by atoms with Crippen molar-refractivity contribution in [3.8, 4) is 5.69 Å². The van der Waals surface area contributed by atoms with Crippen molar-refractivity contribution < 1.29 is 4.79 Å². The minimum Gasteiger partial charge on any atom is -0.337 e. The van der Waals surface area contributed by atoms with Crippen molar-refractivity contribution in [3.63, 3.8) is 0 Å². The molecule has 6 rings (SSSR count). The Hall–Kier alpha value is -3.48. The third-order valence-electron chi connectivity index (χ3n) is 6.95. The maximum atomic E-state index is 13.1. The molecule has 4 heterocycles. The van der Waals surface area contributed by atoms with Crippen LogP contribution in [0.15, 0.2) is 42.5 Å².